The van der Waals surface area contributed by atoms with E-state index in [-0.39, 0.29) is 12.3 Å². The summed E-state index contributed by atoms with van der Waals surface area (Å²) in [6.07, 6.45) is 3.69. The van der Waals surface area contributed by atoms with E-state index >= 15 is 0 Å². The highest BCUT2D eigenvalue weighted by atomic mass is 16.3. The number of hydrogen-bond donors (Lipinski definition) is 2. The second-order valence-corrected chi connectivity index (χ2v) is 7.54. The molecule has 6 nitrogen and oxygen atoms in total. The topological polar surface area (TPSA) is 79.5 Å². The third-order valence-electron chi connectivity index (χ3n) is 4.81. The average Bonchev–Trinajstić information content (AvgIpc) is 3.16. The van der Waals surface area contributed by atoms with Crippen LogP contribution in [0, 0.1) is 0 Å². The minimum atomic E-state index is -0.900. The Morgan fingerprint density at radius 2 is 1.76 bits per heavy atom. The number of nitrogens with zero attached hydrogens (tertiary/aromatic N) is 3. The van der Waals surface area contributed by atoms with Gasteiger partial charge >= 0.3 is 0 Å². The van der Waals surface area contributed by atoms with E-state index in [9.17, 15) is 9.90 Å². The minimum absolute atomic E-state index is 0.0846. The smallest absolute Gasteiger partial charge is 0.228 e. The number of benzene rings is 2. The highest BCUT2D eigenvalue weighted by molar-refractivity contribution is 5.92. The summed E-state index contributed by atoms with van der Waals surface area (Å²) in [4.78, 5) is 16.6. The van der Waals surface area contributed by atoms with E-state index in [0.717, 1.165) is 27.9 Å². The molecule has 0 aliphatic carbocycles. The van der Waals surface area contributed by atoms with Crippen molar-refractivity contribution in [3.05, 3.63) is 84.3 Å². The maximum absolute atomic E-state index is 12.4. The van der Waals surface area contributed by atoms with Crippen LogP contribution >= 0.6 is 0 Å². The van der Waals surface area contributed by atoms with Crippen molar-refractivity contribution in [2.24, 2.45) is 0 Å². The Morgan fingerprint density at radius 3 is 2.45 bits per heavy atom. The number of nitrogens with one attached hydrogen (secondary N) is 1. The lowest BCUT2D eigenvalue weighted by Crippen LogP contribution is -2.16. The van der Waals surface area contributed by atoms with E-state index in [1.807, 2.05) is 54.7 Å². The van der Waals surface area contributed by atoms with Crippen molar-refractivity contribution in [2.75, 3.05) is 5.32 Å². The Hall–Kier alpha value is -3.51. The maximum Gasteiger partial charge on any atom is 0.228 e. The number of anilines is 1. The van der Waals surface area contributed by atoms with E-state index in [1.54, 1.807) is 30.5 Å². The van der Waals surface area contributed by atoms with Gasteiger partial charge in [-0.15, -0.1) is 0 Å². The van der Waals surface area contributed by atoms with Crippen LogP contribution in [-0.4, -0.2) is 25.6 Å². The molecule has 29 heavy (non-hydrogen) atoms. The summed E-state index contributed by atoms with van der Waals surface area (Å²) in [5.74, 6) is -0.0846. The highest BCUT2D eigenvalue weighted by Crippen LogP contribution is 2.22. The molecule has 2 heterocycles. The van der Waals surface area contributed by atoms with Gasteiger partial charge < -0.3 is 10.4 Å². The summed E-state index contributed by atoms with van der Waals surface area (Å²) in [6, 6.07) is 19.1. The minimum Gasteiger partial charge on any atom is -0.386 e. The summed E-state index contributed by atoms with van der Waals surface area (Å²) >= 11 is 0. The molecule has 6 heteroatoms. The summed E-state index contributed by atoms with van der Waals surface area (Å²) in [6.45, 7) is 3.46. The van der Waals surface area contributed by atoms with E-state index < -0.39 is 5.60 Å². The van der Waals surface area contributed by atoms with Crippen LogP contribution in [0.2, 0.25) is 0 Å². The molecular formula is C23H22N4O2. The van der Waals surface area contributed by atoms with Crippen molar-refractivity contribution < 1.29 is 9.90 Å². The first kappa shape index (κ1) is 18.8. The van der Waals surface area contributed by atoms with Gasteiger partial charge in [0.05, 0.1) is 12.0 Å². The Bertz CT molecular complexity index is 1140. The highest BCUT2D eigenvalue weighted by Gasteiger charge is 2.15. The SMILES string of the molecule is CC(C)(O)c1ccc(NC(=O)Cc2ccc(-c3ccn4ncnc4c3)cc2)cc1. The normalized spacial score (nSPS) is 11.6. The van der Waals surface area contributed by atoms with E-state index in [0.29, 0.717) is 5.69 Å². The van der Waals surface area contributed by atoms with Gasteiger partial charge in [0.1, 0.15) is 6.33 Å². The Labute approximate surface area is 168 Å². The number of hydrogen-bond acceptors (Lipinski definition) is 4. The first-order chi connectivity index (χ1) is 13.9. The Kier molecular flexibility index (Phi) is 4.86. The third-order valence-corrected chi connectivity index (χ3v) is 4.81. The second-order valence-electron chi connectivity index (χ2n) is 7.54. The standard InChI is InChI=1S/C23H22N4O2/c1-23(2,29)19-7-9-20(10-8-19)26-22(28)13-16-3-5-17(6-4-16)18-11-12-27-21(14-18)24-15-25-27/h3-12,14-15,29H,13H2,1-2H3,(H,26,28). The lowest BCUT2D eigenvalue weighted by Gasteiger charge is -2.18. The van der Waals surface area contributed by atoms with Gasteiger partial charge in [-0.25, -0.2) is 9.50 Å². The van der Waals surface area contributed by atoms with Gasteiger partial charge in [-0.2, -0.15) is 5.10 Å². The fourth-order valence-electron chi connectivity index (χ4n) is 3.16. The quantitative estimate of drug-likeness (QED) is 0.547. The largest absolute Gasteiger partial charge is 0.386 e. The predicted octanol–water partition coefficient (Wildman–Crippen LogP) is 3.80. The lowest BCUT2D eigenvalue weighted by atomic mass is 9.98. The first-order valence-corrected chi connectivity index (χ1v) is 9.40. The molecule has 146 valence electrons. The monoisotopic (exact) mass is 386 g/mol. The van der Waals surface area contributed by atoms with Gasteiger partial charge in [-0.05, 0) is 60.4 Å². The molecule has 0 bridgehead atoms. The third kappa shape index (κ3) is 4.33. The van der Waals surface area contributed by atoms with Crippen LogP contribution in [-0.2, 0) is 16.8 Å². The average molecular weight is 386 g/mol. The van der Waals surface area contributed by atoms with Crippen LogP contribution in [0.25, 0.3) is 16.8 Å². The molecule has 1 amide bonds. The fourth-order valence-corrected chi connectivity index (χ4v) is 3.16. The fraction of sp³-hybridized carbons (Fsp3) is 0.174. The van der Waals surface area contributed by atoms with Crippen LogP contribution in [0.3, 0.4) is 0 Å². The Balaban J connectivity index is 1.41. The zero-order chi connectivity index (χ0) is 20.4. The van der Waals surface area contributed by atoms with Crippen molar-refractivity contribution in [3.63, 3.8) is 0 Å². The number of carbonyl (C=O) groups excluding carboxylic acids is 1. The zero-order valence-corrected chi connectivity index (χ0v) is 16.3. The van der Waals surface area contributed by atoms with Crippen molar-refractivity contribution in [3.8, 4) is 11.1 Å². The number of amides is 1. The predicted molar refractivity (Wildman–Crippen MR) is 112 cm³/mol. The van der Waals surface area contributed by atoms with E-state index in [1.165, 1.54) is 6.33 Å². The number of rotatable bonds is 5. The van der Waals surface area contributed by atoms with Crippen LogP contribution < -0.4 is 5.32 Å². The van der Waals surface area contributed by atoms with Gasteiger partial charge in [0.25, 0.3) is 0 Å². The van der Waals surface area contributed by atoms with Gasteiger partial charge in [0, 0.05) is 11.9 Å². The van der Waals surface area contributed by atoms with Crippen LogP contribution in [0.4, 0.5) is 5.69 Å². The van der Waals surface area contributed by atoms with Crippen molar-refractivity contribution in [2.45, 2.75) is 25.9 Å². The van der Waals surface area contributed by atoms with Gasteiger partial charge in [-0.3, -0.25) is 4.79 Å². The molecule has 0 aliphatic heterocycles. The molecule has 0 saturated heterocycles. The van der Waals surface area contributed by atoms with Crippen molar-refractivity contribution in [1.29, 1.82) is 0 Å². The van der Waals surface area contributed by atoms with Gasteiger partial charge in [0.15, 0.2) is 5.65 Å². The molecule has 0 atom stereocenters. The molecule has 2 aromatic heterocycles. The summed E-state index contributed by atoms with van der Waals surface area (Å²) in [5.41, 5.74) is 4.44. The number of aromatic nitrogens is 3. The molecule has 2 N–H and O–H groups in total. The van der Waals surface area contributed by atoms with Crippen molar-refractivity contribution in [1.82, 2.24) is 14.6 Å². The summed E-state index contributed by atoms with van der Waals surface area (Å²) < 4.78 is 1.72. The van der Waals surface area contributed by atoms with Gasteiger partial charge in [-0.1, -0.05) is 36.4 Å². The van der Waals surface area contributed by atoms with Crippen molar-refractivity contribution >= 4 is 17.2 Å². The number of carbonyl (C=O) groups is 1. The number of fused-ring (bicyclic) bond motifs is 1. The molecule has 4 aromatic rings. The first-order valence-electron chi connectivity index (χ1n) is 9.40. The Morgan fingerprint density at radius 1 is 1.03 bits per heavy atom. The summed E-state index contributed by atoms with van der Waals surface area (Å²) in [5, 5.41) is 17.0. The van der Waals surface area contributed by atoms with Crippen LogP contribution in [0.15, 0.2) is 73.2 Å². The lowest BCUT2D eigenvalue weighted by molar-refractivity contribution is -0.115. The van der Waals surface area contributed by atoms with E-state index in [2.05, 4.69) is 15.4 Å². The summed E-state index contributed by atoms with van der Waals surface area (Å²) in [7, 11) is 0. The van der Waals surface area contributed by atoms with Gasteiger partial charge in [0.2, 0.25) is 5.91 Å². The second kappa shape index (κ2) is 7.48. The van der Waals surface area contributed by atoms with Crippen LogP contribution in [0.1, 0.15) is 25.0 Å². The number of pyridine rings is 1. The van der Waals surface area contributed by atoms with E-state index in [4.69, 9.17) is 0 Å². The maximum atomic E-state index is 12.4. The molecule has 0 fully saturated rings. The molecule has 0 saturated carbocycles. The molecule has 2 aromatic carbocycles. The van der Waals surface area contributed by atoms with Crippen LogP contribution in [0.5, 0.6) is 0 Å². The molecule has 0 radical (unpaired) electrons. The molecule has 0 aliphatic rings. The molecular weight excluding hydrogens is 364 g/mol. The zero-order valence-electron chi connectivity index (χ0n) is 16.3. The molecule has 0 unspecified atom stereocenters. The molecule has 4 rings (SSSR count). The number of aliphatic hydroxyl groups is 1. The molecule has 0 spiro atoms.